The lowest BCUT2D eigenvalue weighted by molar-refractivity contribution is 0.102. The molecule has 2 aromatic heterocycles. The number of anilines is 1. The van der Waals surface area contributed by atoms with Crippen LogP contribution >= 0.6 is 11.6 Å². The number of pyridine rings is 1. The van der Waals surface area contributed by atoms with Gasteiger partial charge in [-0.2, -0.15) is 0 Å². The van der Waals surface area contributed by atoms with Crippen molar-refractivity contribution in [3.63, 3.8) is 0 Å². The van der Waals surface area contributed by atoms with E-state index in [0.717, 1.165) is 5.56 Å². The van der Waals surface area contributed by atoms with Gasteiger partial charge < -0.3 is 5.32 Å². The first-order chi connectivity index (χ1) is 8.16. The highest BCUT2D eigenvalue weighted by Crippen LogP contribution is 2.12. The lowest BCUT2D eigenvalue weighted by atomic mass is 10.2. The average Bonchev–Trinajstić information content (AvgIpc) is 2.33. The van der Waals surface area contributed by atoms with Crippen molar-refractivity contribution in [2.75, 3.05) is 5.32 Å². The maximum absolute atomic E-state index is 11.8. The van der Waals surface area contributed by atoms with Gasteiger partial charge in [0.25, 0.3) is 5.91 Å². The predicted molar refractivity (Wildman–Crippen MR) is 64.0 cm³/mol. The normalized spacial score (nSPS) is 10.0. The monoisotopic (exact) mass is 248 g/mol. The Balaban J connectivity index is 2.17. The first-order valence-electron chi connectivity index (χ1n) is 4.86. The summed E-state index contributed by atoms with van der Waals surface area (Å²) in [6.07, 6.45) is 5.93. The molecule has 6 heteroatoms. The smallest absolute Gasteiger partial charge is 0.275 e. The van der Waals surface area contributed by atoms with E-state index < -0.39 is 0 Å². The molecule has 86 valence electrons. The van der Waals surface area contributed by atoms with Crippen molar-refractivity contribution in [3.8, 4) is 0 Å². The highest BCUT2D eigenvalue weighted by atomic mass is 35.5. The minimum Gasteiger partial charge on any atom is -0.320 e. The number of hydrogen-bond donors (Lipinski definition) is 1. The van der Waals surface area contributed by atoms with Crippen LogP contribution in [-0.2, 0) is 0 Å². The number of hydrogen-bond acceptors (Lipinski definition) is 4. The van der Waals surface area contributed by atoms with Crippen LogP contribution in [0.25, 0.3) is 0 Å². The standard InChI is InChI=1S/C11H9ClN4O/c1-7-4-13-3-2-8(7)16-11(17)9-5-15-10(12)6-14-9/h2-6H,1H3,(H,13,16,17). The van der Waals surface area contributed by atoms with Crippen LogP contribution in [0.1, 0.15) is 16.1 Å². The fraction of sp³-hybridized carbons (Fsp3) is 0.0909. The van der Waals surface area contributed by atoms with Crippen molar-refractivity contribution in [2.24, 2.45) is 0 Å². The molecule has 0 bridgehead atoms. The molecule has 2 rings (SSSR count). The molecule has 0 radical (unpaired) electrons. The van der Waals surface area contributed by atoms with Crippen LogP contribution in [0.4, 0.5) is 5.69 Å². The Morgan fingerprint density at radius 2 is 2.12 bits per heavy atom. The summed E-state index contributed by atoms with van der Waals surface area (Å²) >= 11 is 5.59. The Morgan fingerprint density at radius 3 is 2.76 bits per heavy atom. The van der Waals surface area contributed by atoms with E-state index in [0.29, 0.717) is 5.69 Å². The number of amides is 1. The molecule has 0 aliphatic heterocycles. The molecule has 2 heterocycles. The van der Waals surface area contributed by atoms with E-state index in [1.54, 1.807) is 18.5 Å². The van der Waals surface area contributed by atoms with Crippen molar-refractivity contribution >= 4 is 23.2 Å². The molecule has 0 saturated heterocycles. The molecule has 0 unspecified atom stereocenters. The summed E-state index contributed by atoms with van der Waals surface area (Å²) in [5, 5.41) is 2.97. The second kappa shape index (κ2) is 4.88. The number of nitrogens with one attached hydrogen (secondary N) is 1. The van der Waals surface area contributed by atoms with E-state index in [1.165, 1.54) is 12.4 Å². The van der Waals surface area contributed by atoms with Crippen LogP contribution in [-0.4, -0.2) is 20.9 Å². The predicted octanol–water partition coefficient (Wildman–Crippen LogP) is 2.09. The van der Waals surface area contributed by atoms with Crippen LogP contribution in [0.3, 0.4) is 0 Å². The zero-order valence-electron chi connectivity index (χ0n) is 9.01. The van der Waals surface area contributed by atoms with E-state index in [9.17, 15) is 4.79 Å². The molecule has 0 spiro atoms. The Bertz CT molecular complexity index is 541. The van der Waals surface area contributed by atoms with Crippen LogP contribution in [0, 0.1) is 6.92 Å². The molecule has 0 aliphatic rings. The number of aryl methyl sites for hydroxylation is 1. The van der Waals surface area contributed by atoms with Crippen LogP contribution in [0.5, 0.6) is 0 Å². The molecule has 0 aliphatic carbocycles. The summed E-state index contributed by atoms with van der Waals surface area (Å²) in [6, 6.07) is 1.72. The molecule has 0 saturated carbocycles. The molecule has 1 N–H and O–H groups in total. The molecule has 0 aromatic carbocycles. The molecular weight excluding hydrogens is 240 g/mol. The maximum Gasteiger partial charge on any atom is 0.275 e. The van der Waals surface area contributed by atoms with E-state index in [2.05, 4.69) is 20.3 Å². The summed E-state index contributed by atoms with van der Waals surface area (Å²) in [6.45, 7) is 1.86. The summed E-state index contributed by atoms with van der Waals surface area (Å²) in [4.78, 5) is 23.4. The topological polar surface area (TPSA) is 67.8 Å². The quantitative estimate of drug-likeness (QED) is 0.884. The Morgan fingerprint density at radius 1 is 1.29 bits per heavy atom. The zero-order chi connectivity index (χ0) is 12.3. The van der Waals surface area contributed by atoms with E-state index >= 15 is 0 Å². The highest BCUT2D eigenvalue weighted by Gasteiger charge is 2.09. The van der Waals surface area contributed by atoms with E-state index in [1.807, 2.05) is 6.92 Å². The average molecular weight is 249 g/mol. The summed E-state index contributed by atoms with van der Waals surface area (Å²) < 4.78 is 0. The van der Waals surface area contributed by atoms with Gasteiger partial charge in [-0.3, -0.25) is 9.78 Å². The first-order valence-corrected chi connectivity index (χ1v) is 5.24. The van der Waals surface area contributed by atoms with Gasteiger partial charge in [0.05, 0.1) is 12.4 Å². The van der Waals surface area contributed by atoms with Gasteiger partial charge in [0.1, 0.15) is 10.8 Å². The lowest BCUT2D eigenvalue weighted by Gasteiger charge is -2.06. The van der Waals surface area contributed by atoms with E-state index in [-0.39, 0.29) is 16.8 Å². The van der Waals surface area contributed by atoms with Crippen LogP contribution < -0.4 is 5.32 Å². The molecule has 1 amide bonds. The van der Waals surface area contributed by atoms with Crippen molar-refractivity contribution in [2.45, 2.75) is 6.92 Å². The third-order valence-electron chi connectivity index (χ3n) is 2.12. The fourth-order valence-corrected chi connectivity index (χ4v) is 1.33. The van der Waals surface area contributed by atoms with Gasteiger partial charge in [-0.1, -0.05) is 11.6 Å². The molecule has 5 nitrogen and oxygen atoms in total. The van der Waals surface area contributed by atoms with Gasteiger partial charge in [0.2, 0.25) is 0 Å². The van der Waals surface area contributed by atoms with Crippen molar-refractivity contribution in [1.29, 1.82) is 0 Å². The molecule has 0 fully saturated rings. The third kappa shape index (κ3) is 2.76. The minimum atomic E-state index is -0.330. The Kier molecular flexibility index (Phi) is 3.30. The van der Waals surface area contributed by atoms with Crippen molar-refractivity contribution in [1.82, 2.24) is 15.0 Å². The van der Waals surface area contributed by atoms with Gasteiger partial charge in [0, 0.05) is 18.1 Å². The number of halogens is 1. The zero-order valence-corrected chi connectivity index (χ0v) is 9.77. The van der Waals surface area contributed by atoms with Gasteiger partial charge in [-0.25, -0.2) is 9.97 Å². The number of carbonyl (C=O) groups is 1. The Labute approximate surface area is 103 Å². The summed E-state index contributed by atoms with van der Waals surface area (Å²) in [5.41, 5.74) is 1.79. The number of carbonyl (C=O) groups excluding carboxylic acids is 1. The summed E-state index contributed by atoms with van der Waals surface area (Å²) in [7, 11) is 0. The number of aromatic nitrogens is 3. The summed E-state index contributed by atoms with van der Waals surface area (Å²) in [5.74, 6) is -0.330. The van der Waals surface area contributed by atoms with Gasteiger partial charge in [-0.15, -0.1) is 0 Å². The highest BCUT2D eigenvalue weighted by molar-refractivity contribution is 6.29. The van der Waals surface area contributed by atoms with E-state index in [4.69, 9.17) is 11.6 Å². The van der Waals surface area contributed by atoms with Gasteiger partial charge in [0.15, 0.2) is 0 Å². The fourth-order valence-electron chi connectivity index (χ4n) is 1.23. The second-order valence-electron chi connectivity index (χ2n) is 3.37. The van der Waals surface area contributed by atoms with Crippen molar-refractivity contribution in [3.05, 3.63) is 47.3 Å². The van der Waals surface area contributed by atoms with Crippen molar-refractivity contribution < 1.29 is 4.79 Å². The van der Waals surface area contributed by atoms with Gasteiger partial charge in [-0.05, 0) is 18.6 Å². The number of nitrogens with zero attached hydrogens (tertiary/aromatic N) is 3. The van der Waals surface area contributed by atoms with Gasteiger partial charge >= 0.3 is 0 Å². The van der Waals surface area contributed by atoms with Crippen LogP contribution in [0.2, 0.25) is 5.15 Å². The Hall–Kier alpha value is -2.01. The first kappa shape index (κ1) is 11.5. The van der Waals surface area contributed by atoms with Crippen LogP contribution in [0.15, 0.2) is 30.9 Å². The minimum absolute atomic E-state index is 0.214. The SMILES string of the molecule is Cc1cnccc1NC(=O)c1cnc(Cl)cn1. The number of rotatable bonds is 2. The molecule has 2 aromatic rings. The second-order valence-corrected chi connectivity index (χ2v) is 3.76. The molecule has 0 atom stereocenters. The third-order valence-corrected chi connectivity index (χ3v) is 2.32. The lowest BCUT2D eigenvalue weighted by Crippen LogP contribution is -2.14. The maximum atomic E-state index is 11.8. The molecular formula is C11H9ClN4O. The molecule has 17 heavy (non-hydrogen) atoms. The largest absolute Gasteiger partial charge is 0.320 e.